The van der Waals surface area contributed by atoms with Crippen molar-refractivity contribution in [1.82, 2.24) is 9.97 Å². The summed E-state index contributed by atoms with van der Waals surface area (Å²) in [5.41, 5.74) is 8.57. The van der Waals surface area contributed by atoms with E-state index in [1.807, 2.05) is 43.3 Å². The van der Waals surface area contributed by atoms with Crippen molar-refractivity contribution >= 4 is 54.3 Å². The fourth-order valence-electron chi connectivity index (χ4n) is 2.29. The van der Waals surface area contributed by atoms with Crippen LogP contribution >= 0.6 is 31.9 Å². The van der Waals surface area contributed by atoms with E-state index in [2.05, 4.69) is 47.1 Å². The highest BCUT2D eigenvalue weighted by Crippen LogP contribution is 2.30. The maximum absolute atomic E-state index is 5.83. The van der Waals surface area contributed by atoms with E-state index in [9.17, 15) is 0 Å². The molecule has 3 N–H and O–H groups in total. The summed E-state index contributed by atoms with van der Waals surface area (Å²) < 4.78 is 1.92. The molecule has 0 aliphatic carbocycles. The number of rotatable bonds is 3. The lowest BCUT2D eigenvalue weighted by Gasteiger charge is -2.12. The third-order valence-corrected chi connectivity index (χ3v) is 4.73. The van der Waals surface area contributed by atoms with Crippen molar-refractivity contribution in [2.75, 3.05) is 11.1 Å². The van der Waals surface area contributed by atoms with E-state index in [0.29, 0.717) is 12.2 Å². The average Bonchev–Trinajstić information content (AvgIpc) is 2.45. The summed E-state index contributed by atoms with van der Waals surface area (Å²) in [4.78, 5) is 8.97. The van der Waals surface area contributed by atoms with E-state index in [1.54, 1.807) is 0 Å². The molecule has 112 valence electrons. The quantitative estimate of drug-likeness (QED) is 0.603. The van der Waals surface area contributed by atoms with E-state index < -0.39 is 0 Å². The Labute approximate surface area is 145 Å². The number of aryl methyl sites for hydroxylation is 1. The molecular weight excluding hydrogens is 408 g/mol. The first-order chi connectivity index (χ1) is 10.5. The minimum absolute atomic E-state index is 0.627. The van der Waals surface area contributed by atoms with Crippen LogP contribution in [0.15, 0.2) is 45.3 Å². The zero-order valence-electron chi connectivity index (χ0n) is 11.9. The first kappa shape index (κ1) is 15.2. The maximum atomic E-state index is 5.83. The van der Waals surface area contributed by atoms with Crippen LogP contribution in [0, 0.1) is 6.92 Å². The summed E-state index contributed by atoms with van der Waals surface area (Å²) in [5, 5.41) is 4.40. The van der Waals surface area contributed by atoms with Crippen LogP contribution in [0.3, 0.4) is 0 Å². The second-order valence-electron chi connectivity index (χ2n) is 4.95. The van der Waals surface area contributed by atoms with Crippen LogP contribution in [0.1, 0.15) is 11.4 Å². The van der Waals surface area contributed by atoms with Crippen LogP contribution in [0.2, 0.25) is 0 Å². The van der Waals surface area contributed by atoms with Crippen molar-refractivity contribution in [2.45, 2.75) is 13.5 Å². The SMILES string of the molecule is Cc1nc(NCc2c(Br)cc(N)cc2Br)c2ccccc2n1. The Bertz CT molecular complexity index is 826. The summed E-state index contributed by atoms with van der Waals surface area (Å²) in [6, 6.07) is 11.8. The Kier molecular flexibility index (Phi) is 4.31. The van der Waals surface area contributed by atoms with E-state index in [4.69, 9.17) is 5.73 Å². The smallest absolute Gasteiger partial charge is 0.137 e. The number of hydrogen-bond acceptors (Lipinski definition) is 4. The van der Waals surface area contributed by atoms with Crippen LogP contribution < -0.4 is 11.1 Å². The number of nitrogen functional groups attached to an aromatic ring is 1. The maximum Gasteiger partial charge on any atom is 0.137 e. The van der Waals surface area contributed by atoms with Crippen LogP contribution in [0.4, 0.5) is 11.5 Å². The largest absolute Gasteiger partial charge is 0.399 e. The molecule has 0 atom stereocenters. The van der Waals surface area contributed by atoms with Gasteiger partial charge >= 0.3 is 0 Å². The summed E-state index contributed by atoms with van der Waals surface area (Å²) in [5.74, 6) is 1.58. The van der Waals surface area contributed by atoms with Crippen molar-refractivity contribution in [3.05, 3.63) is 56.7 Å². The van der Waals surface area contributed by atoms with E-state index >= 15 is 0 Å². The van der Waals surface area contributed by atoms with Gasteiger partial charge in [-0.2, -0.15) is 0 Å². The monoisotopic (exact) mass is 420 g/mol. The van der Waals surface area contributed by atoms with Gasteiger partial charge in [-0.3, -0.25) is 0 Å². The first-order valence-electron chi connectivity index (χ1n) is 6.75. The molecule has 6 heteroatoms. The van der Waals surface area contributed by atoms with Crippen molar-refractivity contribution in [1.29, 1.82) is 0 Å². The normalized spacial score (nSPS) is 10.9. The topological polar surface area (TPSA) is 63.8 Å². The van der Waals surface area contributed by atoms with Gasteiger partial charge < -0.3 is 11.1 Å². The Morgan fingerprint density at radius 1 is 1.09 bits per heavy atom. The Morgan fingerprint density at radius 2 is 1.77 bits per heavy atom. The van der Waals surface area contributed by atoms with E-state index in [0.717, 1.165) is 37.1 Å². The van der Waals surface area contributed by atoms with Gasteiger partial charge in [0.15, 0.2) is 0 Å². The fraction of sp³-hybridized carbons (Fsp3) is 0.125. The molecule has 0 bridgehead atoms. The second-order valence-corrected chi connectivity index (χ2v) is 6.66. The average molecular weight is 422 g/mol. The van der Waals surface area contributed by atoms with Gasteiger partial charge in [0.1, 0.15) is 11.6 Å². The number of aromatic nitrogens is 2. The molecule has 2 aromatic carbocycles. The first-order valence-corrected chi connectivity index (χ1v) is 8.34. The number of nitrogens with two attached hydrogens (primary N) is 1. The van der Waals surface area contributed by atoms with Gasteiger partial charge in [-0.15, -0.1) is 0 Å². The Balaban J connectivity index is 1.95. The Hall–Kier alpha value is -1.66. The zero-order valence-corrected chi connectivity index (χ0v) is 15.1. The minimum atomic E-state index is 0.627. The van der Waals surface area contributed by atoms with Crippen molar-refractivity contribution < 1.29 is 0 Å². The van der Waals surface area contributed by atoms with Gasteiger partial charge in [0.05, 0.1) is 5.52 Å². The van der Waals surface area contributed by atoms with Gasteiger partial charge in [-0.05, 0) is 36.8 Å². The third kappa shape index (κ3) is 3.08. The van der Waals surface area contributed by atoms with E-state index in [-0.39, 0.29) is 0 Å². The molecule has 3 aromatic rings. The van der Waals surface area contributed by atoms with Crippen molar-refractivity contribution in [2.24, 2.45) is 0 Å². The molecule has 4 nitrogen and oxygen atoms in total. The Morgan fingerprint density at radius 3 is 2.50 bits per heavy atom. The fourth-order valence-corrected chi connectivity index (χ4v) is 3.79. The van der Waals surface area contributed by atoms with Gasteiger partial charge in [0.2, 0.25) is 0 Å². The van der Waals surface area contributed by atoms with Crippen LogP contribution in [0.5, 0.6) is 0 Å². The molecule has 0 amide bonds. The molecule has 0 saturated carbocycles. The third-order valence-electron chi connectivity index (χ3n) is 3.31. The molecule has 22 heavy (non-hydrogen) atoms. The molecule has 0 unspecified atom stereocenters. The van der Waals surface area contributed by atoms with Gasteiger partial charge in [-0.25, -0.2) is 9.97 Å². The molecule has 0 fully saturated rings. The summed E-state index contributed by atoms with van der Waals surface area (Å²) in [6.45, 7) is 2.52. The predicted molar refractivity (Wildman–Crippen MR) is 97.9 cm³/mol. The molecule has 3 rings (SSSR count). The zero-order chi connectivity index (χ0) is 15.7. The number of benzene rings is 2. The molecule has 0 spiro atoms. The lowest BCUT2D eigenvalue weighted by molar-refractivity contribution is 1.04. The molecule has 0 aliphatic rings. The van der Waals surface area contributed by atoms with Gasteiger partial charge in [0, 0.05) is 26.6 Å². The number of hydrogen-bond donors (Lipinski definition) is 2. The molecule has 0 saturated heterocycles. The number of halogens is 2. The van der Waals surface area contributed by atoms with Crippen LogP contribution in [-0.4, -0.2) is 9.97 Å². The highest BCUT2D eigenvalue weighted by molar-refractivity contribution is 9.11. The van der Waals surface area contributed by atoms with Crippen molar-refractivity contribution in [3.63, 3.8) is 0 Å². The number of fused-ring (bicyclic) bond motifs is 1. The minimum Gasteiger partial charge on any atom is -0.399 e. The summed E-state index contributed by atoms with van der Waals surface area (Å²) in [6.07, 6.45) is 0. The van der Waals surface area contributed by atoms with Gasteiger partial charge in [0.25, 0.3) is 0 Å². The lowest BCUT2D eigenvalue weighted by Crippen LogP contribution is -2.05. The molecule has 1 heterocycles. The highest BCUT2D eigenvalue weighted by atomic mass is 79.9. The highest BCUT2D eigenvalue weighted by Gasteiger charge is 2.09. The summed E-state index contributed by atoms with van der Waals surface area (Å²) in [7, 11) is 0. The predicted octanol–water partition coefficient (Wildman–Crippen LogP) is 4.66. The number of anilines is 2. The molecule has 0 aliphatic heterocycles. The van der Waals surface area contributed by atoms with E-state index in [1.165, 1.54) is 0 Å². The summed E-state index contributed by atoms with van der Waals surface area (Å²) >= 11 is 7.11. The molecular formula is C16H14Br2N4. The van der Waals surface area contributed by atoms with Crippen LogP contribution in [-0.2, 0) is 6.54 Å². The molecule has 0 radical (unpaired) electrons. The number of para-hydroxylation sites is 1. The second kappa shape index (κ2) is 6.22. The molecule has 1 aromatic heterocycles. The lowest BCUT2D eigenvalue weighted by atomic mass is 10.2. The van der Waals surface area contributed by atoms with Crippen molar-refractivity contribution in [3.8, 4) is 0 Å². The van der Waals surface area contributed by atoms with Gasteiger partial charge in [-0.1, -0.05) is 44.0 Å². The number of nitrogens with one attached hydrogen (secondary N) is 1. The number of nitrogens with zero attached hydrogens (tertiary/aromatic N) is 2. The standard InChI is InChI=1S/C16H14Br2N4/c1-9-21-15-5-3-2-4-11(15)16(22-9)20-8-12-13(17)6-10(19)7-14(12)18/h2-7H,8,19H2,1H3,(H,20,21,22). The van der Waals surface area contributed by atoms with Crippen LogP contribution in [0.25, 0.3) is 10.9 Å².